The van der Waals surface area contributed by atoms with Crippen LogP contribution in [0.3, 0.4) is 0 Å². The second-order valence-electron chi connectivity index (χ2n) is 5.78. The lowest BCUT2D eigenvalue weighted by Gasteiger charge is -2.27. The van der Waals surface area contributed by atoms with Crippen LogP contribution in [0.15, 0.2) is 54.6 Å². The van der Waals surface area contributed by atoms with Crippen molar-refractivity contribution in [3.8, 4) is 0 Å². The molecule has 0 heterocycles. The van der Waals surface area contributed by atoms with Crippen LogP contribution in [0.25, 0.3) is 0 Å². The molecule has 0 saturated carbocycles. The molecule has 1 N–H and O–H groups in total. The van der Waals surface area contributed by atoms with Crippen LogP contribution >= 0.6 is 0 Å². The lowest BCUT2D eigenvalue weighted by molar-refractivity contribution is -0.114. The molecule has 0 radical (unpaired) electrons. The van der Waals surface area contributed by atoms with Crippen molar-refractivity contribution in [2.75, 3.05) is 11.6 Å². The highest BCUT2D eigenvalue weighted by Crippen LogP contribution is 2.27. The second-order valence-corrected chi connectivity index (χ2v) is 7.71. The molecule has 2 aromatic rings. The predicted molar refractivity (Wildman–Crippen MR) is 96.0 cm³/mol. The Morgan fingerprint density at radius 2 is 1.79 bits per heavy atom. The molecule has 1 atom stereocenters. The van der Waals surface area contributed by atoms with Crippen molar-refractivity contribution in [1.82, 2.24) is 4.31 Å². The van der Waals surface area contributed by atoms with Gasteiger partial charge in [-0.25, -0.2) is 8.42 Å². The number of nitrogens with one attached hydrogen (secondary N) is 1. The first-order valence-electron chi connectivity index (χ1n) is 7.65. The van der Waals surface area contributed by atoms with Crippen molar-refractivity contribution < 1.29 is 13.2 Å². The molecule has 2 rings (SSSR count). The van der Waals surface area contributed by atoms with E-state index in [2.05, 4.69) is 5.32 Å². The fourth-order valence-corrected chi connectivity index (χ4v) is 3.63. The fraction of sp³-hybridized carbons (Fsp3) is 0.278. The van der Waals surface area contributed by atoms with Crippen LogP contribution in [0, 0.1) is 0 Å². The SMILES string of the molecule is CC(=O)Nc1cccc([C@H](C)N(Cc2ccccc2)S(C)(=O)=O)c1. The average molecular weight is 346 g/mol. The van der Waals surface area contributed by atoms with Crippen molar-refractivity contribution in [3.63, 3.8) is 0 Å². The van der Waals surface area contributed by atoms with Gasteiger partial charge in [0.05, 0.1) is 6.26 Å². The van der Waals surface area contributed by atoms with Gasteiger partial charge in [-0.3, -0.25) is 4.79 Å². The van der Waals surface area contributed by atoms with Gasteiger partial charge in [0.2, 0.25) is 15.9 Å². The minimum atomic E-state index is -3.40. The van der Waals surface area contributed by atoms with Crippen LogP contribution in [0.5, 0.6) is 0 Å². The normalized spacial score (nSPS) is 12.8. The summed E-state index contributed by atoms with van der Waals surface area (Å²) in [5.74, 6) is -0.163. The number of amides is 1. The van der Waals surface area contributed by atoms with E-state index >= 15 is 0 Å². The molecule has 0 aromatic heterocycles. The lowest BCUT2D eigenvalue weighted by Crippen LogP contribution is -2.32. The van der Waals surface area contributed by atoms with E-state index in [0.29, 0.717) is 12.2 Å². The molecular formula is C18H22N2O3S. The van der Waals surface area contributed by atoms with Crippen LogP contribution < -0.4 is 5.32 Å². The van der Waals surface area contributed by atoms with Gasteiger partial charge < -0.3 is 5.32 Å². The van der Waals surface area contributed by atoms with E-state index in [4.69, 9.17) is 0 Å². The number of sulfonamides is 1. The molecule has 24 heavy (non-hydrogen) atoms. The topological polar surface area (TPSA) is 66.5 Å². The lowest BCUT2D eigenvalue weighted by atomic mass is 10.1. The van der Waals surface area contributed by atoms with Crippen molar-refractivity contribution in [2.45, 2.75) is 26.4 Å². The number of carbonyl (C=O) groups excluding carboxylic acids is 1. The minimum absolute atomic E-state index is 0.163. The molecule has 0 fully saturated rings. The highest BCUT2D eigenvalue weighted by molar-refractivity contribution is 7.88. The van der Waals surface area contributed by atoms with Crippen molar-refractivity contribution in [3.05, 3.63) is 65.7 Å². The van der Waals surface area contributed by atoms with Gasteiger partial charge in [-0.2, -0.15) is 4.31 Å². The van der Waals surface area contributed by atoms with E-state index in [-0.39, 0.29) is 11.9 Å². The first-order valence-corrected chi connectivity index (χ1v) is 9.50. The number of rotatable bonds is 6. The van der Waals surface area contributed by atoms with E-state index in [1.165, 1.54) is 17.5 Å². The van der Waals surface area contributed by atoms with Gasteiger partial charge in [0.1, 0.15) is 0 Å². The van der Waals surface area contributed by atoms with Crippen LogP contribution in [0.1, 0.15) is 31.0 Å². The number of hydrogen-bond donors (Lipinski definition) is 1. The molecule has 0 saturated heterocycles. The summed E-state index contributed by atoms with van der Waals surface area (Å²) in [4.78, 5) is 11.2. The Bertz CT molecular complexity index is 804. The van der Waals surface area contributed by atoms with Gasteiger partial charge in [0, 0.05) is 25.2 Å². The summed E-state index contributed by atoms with van der Waals surface area (Å²) >= 11 is 0. The van der Waals surface area contributed by atoms with Crippen LogP contribution in [0.4, 0.5) is 5.69 Å². The average Bonchev–Trinajstić information content (AvgIpc) is 2.51. The molecule has 0 bridgehead atoms. The maximum Gasteiger partial charge on any atom is 0.221 e. The Labute approximate surface area is 143 Å². The molecule has 128 valence electrons. The maximum absolute atomic E-state index is 12.3. The van der Waals surface area contributed by atoms with Gasteiger partial charge in [-0.1, -0.05) is 42.5 Å². The zero-order chi connectivity index (χ0) is 17.7. The van der Waals surface area contributed by atoms with Crippen LogP contribution in [0.2, 0.25) is 0 Å². The van der Waals surface area contributed by atoms with Gasteiger partial charge >= 0.3 is 0 Å². The summed E-state index contributed by atoms with van der Waals surface area (Å²) in [5, 5.41) is 2.72. The Morgan fingerprint density at radius 3 is 2.38 bits per heavy atom. The maximum atomic E-state index is 12.3. The van der Waals surface area contributed by atoms with Crippen molar-refractivity contribution in [2.24, 2.45) is 0 Å². The first kappa shape index (κ1) is 18.2. The summed E-state index contributed by atoms with van der Waals surface area (Å²) in [6.07, 6.45) is 1.21. The van der Waals surface area contributed by atoms with E-state index in [9.17, 15) is 13.2 Å². The van der Waals surface area contributed by atoms with Crippen molar-refractivity contribution in [1.29, 1.82) is 0 Å². The molecular weight excluding hydrogens is 324 g/mol. The third-order valence-electron chi connectivity index (χ3n) is 3.73. The third kappa shape index (κ3) is 4.91. The van der Waals surface area contributed by atoms with E-state index in [1.807, 2.05) is 43.3 Å². The van der Waals surface area contributed by atoms with E-state index in [1.54, 1.807) is 18.2 Å². The fourth-order valence-electron chi connectivity index (χ4n) is 2.55. The van der Waals surface area contributed by atoms with Gasteiger partial charge in [0.25, 0.3) is 0 Å². The summed E-state index contributed by atoms with van der Waals surface area (Å²) < 4.78 is 26.0. The zero-order valence-corrected chi connectivity index (χ0v) is 14.9. The number of benzene rings is 2. The Kier molecular flexibility index (Phi) is 5.75. The zero-order valence-electron chi connectivity index (χ0n) is 14.1. The number of carbonyl (C=O) groups is 1. The van der Waals surface area contributed by atoms with E-state index < -0.39 is 10.0 Å². The Morgan fingerprint density at radius 1 is 1.12 bits per heavy atom. The van der Waals surface area contributed by atoms with Gasteiger partial charge in [-0.15, -0.1) is 0 Å². The third-order valence-corrected chi connectivity index (χ3v) is 5.03. The Hall–Kier alpha value is -2.18. The summed E-state index contributed by atoms with van der Waals surface area (Å²) in [7, 11) is -3.40. The molecule has 2 aromatic carbocycles. The first-order chi connectivity index (χ1) is 11.3. The van der Waals surface area contributed by atoms with Crippen LogP contribution in [-0.4, -0.2) is 24.9 Å². The molecule has 0 aliphatic heterocycles. The molecule has 1 amide bonds. The van der Waals surface area contributed by atoms with Crippen molar-refractivity contribution >= 4 is 21.6 Å². The van der Waals surface area contributed by atoms with Gasteiger partial charge in [-0.05, 0) is 30.2 Å². The molecule has 5 nitrogen and oxygen atoms in total. The van der Waals surface area contributed by atoms with E-state index in [0.717, 1.165) is 11.1 Å². The Balaban J connectivity index is 2.31. The number of anilines is 1. The highest BCUT2D eigenvalue weighted by Gasteiger charge is 2.25. The highest BCUT2D eigenvalue weighted by atomic mass is 32.2. The van der Waals surface area contributed by atoms with Crippen LogP contribution in [-0.2, 0) is 21.4 Å². The molecule has 0 aliphatic rings. The van der Waals surface area contributed by atoms with Gasteiger partial charge in [0.15, 0.2) is 0 Å². The summed E-state index contributed by atoms with van der Waals surface area (Å²) in [6, 6.07) is 16.4. The standard InChI is InChI=1S/C18H22N2O3S/c1-14(17-10-7-11-18(12-17)19-15(2)21)20(24(3,22)23)13-16-8-5-4-6-9-16/h4-12,14H,13H2,1-3H3,(H,19,21)/t14-/m0/s1. The number of nitrogens with zero attached hydrogens (tertiary/aromatic N) is 1. The summed E-state index contributed by atoms with van der Waals surface area (Å²) in [5.41, 5.74) is 2.40. The predicted octanol–water partition coefficient (Wildman–Crippen LogP) is 3.17. The smallest absolute Gasteiger partial charge is 0.221 e. The quantitative estimate of drug-likeness (QED) is 0.874. The monoisotopic (exact) mass is 346 g/mol. The molecule has 0 spiro atoms. The second kappa shape index (κ2) is 7.59. The minimum Gasteiger partial charge on any atom is -0.326 e. The molecule has 0 unspecified atom stereocenters. The molecule has 6 heteroatoms. The molecule has 0 aliphatic carbocycles. The summed E-state index contributed by atoms with van der Waals surface area (Å²) in [6.45, 7) is 3.58. The largest absolute Gasteiger partial charge is 0.326 e. The number of hydrogen-bond acceptors (Lipinski definition) is 3.